The zero-order valence-electron chi connectivity index (χ0n) is 14.6. The minimum atomic E-state index is 0. The highest BCUT2D eigenvalue weighted by Gasteiger charge is 2.06. The molecule has 0 radical (unpaired) electrons. The second-order valence-corrected chi connectivity index (χ2v) is 6.76. The van der Waals surface area contributed by atoms with Crippen LogP contribution in [0.1, 0.15) is 30.0 Å². The van der Waals surface area contributed by atoms with Gasteiger partial charge < -0.3 is 10.6 Å². The number of halogens is 1. The predicted molar refractivity (Wildman–Crippen MR) is 114 cm³/mol. The number of hydrogen-bond acceptors (Lipinski definition) is 3. The summed E-state index contributed by atoms with van der Waals surface area (Å²) in [5.74, 6) is 1.42. The van der Waals surface area contributed by atoms with Crippen molar-refractivity contribution in [1.29, 1.82) is 0 Å². The van der Waals surface area contributed by atoms with Crippen molar-refractivity contribution >= 4 is 41.3 Å². The summed E-state index contributed by atoms with van der Waals surface area (Å²) >= 11 is 1.82. The standard InChI is InChI=1S/C18H26N4S.HI/c1-4-19-18(22-13-17-15(3)7-5-9-20-17)21-12-14(2)11-16-8-6-10-23-16;/h5-10,14H,4,11-13H2,1-3H3,(H2,19,21,22);1H. The molecule has 0 amide bonds. The molecule has 0 saturated carbocycles. The zero-order valence-corrected chi connectivity index (χ0v) is 17.7. The molecular formula is C18H27IN4S. The van der Waals surface area contributed by atoms with E-state index >= 15 is 0 Å². The van der Waals surface area contributed by atoms with Crippen molar-refractivity contribution in [2.45, 2.75) is 33.7 Å². The first-order chi connectivity index (χ1) is 11.2. The van der Waals surface area contributed by atoms with Crippen LogP contribution in [0.2, 0.25) is 0 Å². The fourth-order valence-corrected chi connectivity index (χ4v) is 3.16. The van der Waals surface area contributed by atoms with E-state index in [2.05, 4.69) is 65.0 Å². The van der Waals surface area contributed by atoms with Gasteiger partial charge in [-0.2, -0.15) is 0 Å². The molecule has 2 heterocycles. The van der Waals surface area contributed by atoms with Gasteiger partial charge in [0, 0.05) is 24.2 Å². The van der Waals surface area contributed by atoms with Crippen LogP contribution in [0.4, 0.5) is 0 Å². The quantitative estimate of drug-likeness (QED) is 0.375. The van der Waals surface area contributed by atoms with Crippen molar-refractivity contribution < 1.29 is 0 Å². The van der Waals surface area contributed by atoms with E-state index in [1.807, 2.05) is 23.6 Å². The minimum absolute atomic E-state index is 0. The topological polar surface area (TPSA) is 49.3 Å². The molecule has 0 bridgehead atoms. The molecule has 0 aromatic carbocycles. The molecule has 1 atom stereocenters. The highest BCUT2D eigenvalue weighted by atomic mass is 127. The van der Waals surface area contributed by atoms with Crippen molar-refractivity contribution in [3.63, 3.8) is 0 Å². The van der Waals surface area contributed by atoms with Crippen LogP contribution in [-0.4, -0.2) is 24.0 Å². The first-order valence-electron chi connectivity index (χ1n) is 8.14. The monoisotopic (exact) mass is 458 g/mol. The molecule has 1 unspecified atom stereocenters. The van der Waals surface area contributed by atoms with Crippen molar-refractivity contribution in [3.05, 3.63) is 52.0 Å². The molecule has 2 aromatic rings. The third kappa shape index (κ3) is 7.17. The third-order valence-corrected chi connectivity index (χ3v) is 4.50. The summed E-state index contributed by atoms with van der Waals surface area (Å²) in [5, 5.41) is 8.87. The van der Waals surface area contributed by atoms with Gasteiger partial charge in [0.05, 0.1) is 12.2 Å². The lowest BCUT2D eigenvalue weighted by Crippen LogP contribution is -2.39. The van der Waals surface area contributed by atoms with E-state index in [-0.39, 0.29) is 24.0 Å². The summed E-state index contributed by atoms with van der Waals surface area (Å²) in [6, 6.07) is 8.34. The number of nitrogens with one attached hydrogen (secondary N) is 2. The Hall–Kier alpha value is -1.15. The Kier molecular flexibility index (Phi) is 9.94. The van der Waals surface area contributed by atoms with Gasteiger partial charge in [-0.15, -0.1) is 35.3 Å². The molecule has 132 valence electrons. The summed E-state index contributed by atoms with van der Waals surface area (Å²) in [6.45, 7) is 8.78. The van der Waals surface area contributed by atoms with Crippen LogP contribution < -0.4 is 10.6 Å². The van der Waals surface area contributed by atoms with Gasteiger partial charge in [-0.1, -0.05) is 19.1 Å². The third-order valence-electron chi connectivity index (χ3n) is 3.60. The van der Waals surface area contributed by atoms with Crippen LogP contribution in [0.5, 0.6) is 0 Å². The number of hydrogen-bond donors (Lipinski definition) is 2. The number of guanidine groups is 1. The van der Waals surface area contributed by atoms with Crippen LogP contribution in [0.15, 0.2) is 40.8 Å². The molecule has 4 nitrogen and oxygen atoms in total. The lowest BCUT2D eigenvalue weighted by atomic mass is 10.1. The van der Waals surface area contributed by atoms with E-state index in [1.165, 1.54) is 10.4 Å². The molecule has 0 spiro atoms. The van der Waals surface area contributed by atoms with Gasteiger partial charge in [-0.3, -0.25) is 4.98 Å². The highest BCUT2D eigenvalue weighted by Crippen LogP contribution is 2.13. The smallest absolute Gasteiger partial charge is 0.191 e. The predicted octanol–water partition coefficient (Wildman–Crippen LogP) is 4.00. The molecule has 6 heteroatoms. The van der Waals surface area contributed by atoms with Crippen molar-refractivity contribution in [2.24, 2.45) is 10.9 Å². The second kappa shape index (κ2) is 11.4. The molecule has 2 aromatic heterocycles. The lowest BCUT2D eigenvalue weighted by molar-refractivity contribution is 0.562. The molecule has 2 rings (SSSR count). The number of nitrogens with zero attached hydrogens (tertiary/aromatic N) is 2. The Morgan fingerprint density at radius 3 is 2.79 bits per heavy atom. The second-order valence-electron chi connectivity index (χ2n) is 5.73. The minimum Gasteiger partial charge on any atom is -0.357 e. The maximum atomic E-state index is 4.65. The van der Waals surface area contributed by atoms with Crippen LogP contribution in [-0.2, 0) is 13.0 Å². The first-order valence-corrected chi connectivity index (χ1v) is 9.02. The molecule has 2 N–H and O–H groups in total. The molecule has 0 aliphatic rings. The molecule has 0 fully saturated rings. The zero-order chi connectivity index (χ0) is 16.5. The van der Waals surface area contributed by atoms with E-state index in [9.17, 15) is 0 Å². The van der Waals surface area contributed by atoms with Crippen LogP contribution in [0.25, 0.3) is 0 Å². The van der Waals surface area contributed by atoms with Crippen LogP contribution >= 0.6 is 35.3 Å². The maximum absolute atomic E-state index is 4.65. The molecule has 0 aliphatic carbocycles. The average molecular weight is 458 g/mol. The van der Waals surface area contributed by atoms with Gasteiger partial charge in [-0.25, -0.2) is 4.99 Å². The van der Waals surface area contributed by atoms with Crippen molar-refractivity contribution in [3.8, 4) is 0 Å². The summed E-state index contributed by atoms with van der Waals surface area (Å²) in [6.07, 6.45) is 2.92. The van der Waals surface area contributed by atoms with Gasteiger partial charge in [0.25, 0.3) is 0 Å². The van der Waals surface area contributed by atoms with Crippen molar-refractivity contribution in [2.75, 3.05) is 13.1 Å². The number of thiophene rings is 1. The summed E-state index contributed by atoms with van der Waals surface area (Å²) in [5.41, 5.74) is 2.20. The Balaban J connectivity index is 0.00000288. The summed E-state index contributed by atoms with van der Waals surface area (Å²) in [7, 11) is 0. The van der Waals surface area contributed by atoms with Gasteiger partial charge >= 0.3 is 0 Å². The largest absolute Gasteiger partial charge is 0.357 e. The van der Waals surface area contributed by atoms with Gasteiger partial charge in [0.15, 0.2) is 5.96 Å². The first kappa shape index (κ1) is 20.9. The lowest BCUT2D eigenvalue weighted by Gasteiger charge is -2.15. The Morgan fingerprint density at radius 1 is 1.29 bits per heavy atom. The van der Waals surface area contributed by atoms with E-state index in [1.54, 1.807) is 0 Å². The average Bonchev–Trinajstić information content (AvgIpc) is 3.04. The molecule has 0 aliphatic heterocycles. The number of aromatic nitrogens is 1. The number of rotatable bonds is 7. The highest BCUT2D eigenvalue weighted by molar-refractivity contribution is 14.0. The summed E-state index contributed by atoms with van der Waals surface area (Å²) < 4.78 is 0. The van der Waals surface area contributed by atoms with E-state index < -0.39 is 0 Å². The van der Waals surface area contributed by atoms with Gasteiger partial charge in [0.1, 0.15) is 0 Å². The fourth-order valence-electron chi connectivity index (χ4n) is 2.29. The Bertz CT molecular complexity index is 613. The maximum Gasteiger partial charge on any atom is 0.191 e. The van der Waals surface area contributed by atoms with Crippen LogP contribution in [0, 0.1) is 12.8 Å². The number of pyridine rings is 1. The number of aliphatic imine (C=N–C) groups is 1. The molecular weight excluding hydrogens is 431 g/mol. The fraction of sp³-hybridized carbons (Fsp3) is 0.444. The summed E-state index contributed by atoms with van der Waals surface area (Å²) in [4.78, 5) is 10.5. The molecule has 0 saturated heterocycles. The van der Waals surface area contributed by atoms with Crippen LogP contribution in [0.3, 0.4) is 0 Å². The Morgan fingerprint density at radius 2 is 2.12 bits per heavy atom. The molecule has 24 heavy (non-hydrogen) atoms. The Labute approximate surface area is 166 Å². The van der Waals surface area contributed by atoms with E-state index in [4.69, 9.17) is 0 Å². The van der Waals surface area contributed by atoms with Crippen molar-refractivity contribution in [1.82, 2.24) is 15.6 Å². The van der Waals surface area contributed by atoms with E-state index in [0.29, 0.717) is 12.5 Å². The number of aryl methyl sites for hydroxylation is 1. The van der Waals surface area contributed by atoms with Gasteiger partial charge in [0.2, 0.25) is 0 Å². The normalized spacial score (nSPS) is 12.4. The van der Waals surface area contributed by atoms with E-state index in [0.717, 1.165) is 31.2 Å². The SMILES string of the molecule is CCNC(=NCc1ncccc1C)NCC(C)Cc1cccs1.I. The van der Waals surface area contributed by atoms with Gasteiger partial charge in [-0.05, 0) is 49.3 Å².